The van der Waals surface area contributed by atoms with Gasteiger partial charge < -0.3 is 15.5 Å². The van der Waals surface area contributed by atoms with Gasteiger partial charge in [-0.1, -0.05) is 34.8 Å². The predicted octanol–water partition coefficient (Wildman–Crippen LogP) is 3.44. The number of anilines is 2. The van der Waals surface area contributed by atoms with Crippen molar-refractivity contribution >= 4 is 46.4 Å². The Labute approximate surface area is 150 Å². The van der Waals surface area contributed by atoms with Crippen LogP contribution in [0, 0.1) is 0 Å². The lowest BCUT2D eigenvalue weighted by Gasteiger charge is -2.33. The number of piperazine rings is 1. The molecule has 1 saturated heterocycles. The summed E-state index contributed by atoms with van der Waals surface area (Å²) in [5.74, 6) is 1.07. The molecule has 122 valence electrons. The molecule has 2 heterocycles. The molecule has 0 amide bonds. The van der Waals surface area contributed by atoms with Gasteiger partial charge in [0, 0.05) is 36.8 Å². The van der Waals surface area contributed by atoms with Gasteiger partial charge in [-0.2, -0.15) is 0 Å². The number of halogens is 3. The Morgan fingerprint density at radius 2 is 1.78 bits per heavy atom. The average molecular weight is 373 g/mol. The van der Waals surface area contributed by atoms with E-state index in [0.717, 1.165) is 32.0 Å². The molecular weight excluding hydrogens is 357 g/mol. The third kappa shape index (κ3) is 3.48. The minimum atomic E-state index is 0.307. The topological polar surface area (TPSA) is 58.3 Å². The highest BCUT2D eigenvalue weighted by Crippen LogP contribution is 2.37. The van der Waals surface area contributed by atoms with Crippen molar-refractivity contribution in [3.63, 3.8) is 0 Å². The minimum absolute atomic E-state index is 0.307. The standard InChI is InChI=1S/C15H16Cl3N5/c1-22-2-4-23(5-3-22)12-8-20-14(15(19)21-12)10-6-9(16)7-11(17)13(10)18/h6-8H,2-5H2,1H3,(H2,19,21). The number of nitrogens with two attached hydrogens (primary N) is 1. The molecule has 0 spiro atoms. The second-order valence-electron chi connectivity index (χ2n) is 5.50. The van der Waals surface area contributed by atoms with Crippen molar-refractivity contribution in [1.82, 2.24) is 14.9 Å². The number of aromatic nitrogens is 2. The molecule has 1 fully saturated rings. The average Bonchev–Trinajstić information content (AvgIpc) is 2.52. The van der Waals surface area contributed by atoms with Crippen LogP contribution in [0.2, 0.25) is 15.1 Å². The minimum Gasteiger partial charge on any atom is -0.382 e. The molecule has 0 unspecified atom stereocenters. The molecule has 0 aliphatic carbocycles. The maximum atomic E-state index is 6.25. The van der Waals surface area contributed by atoms with Crippen molar-refractivity contribution < 1.29 is 0 Å². The van der Waals surface area contributed by atoms with Crippen LogP contribution in [-0.2, 0) is 0 Å². The van der Waals surface area contributed by atoms with E-state index in [0.29, 0.717) is 32.1 Å². The summed E-state index contributed by atoms with van der Waals surface area (Å²) in [6.45, 7) is 3.76. The van der Waals surface area contributed by atoms with Crippen molar-refractivity contribution in [2.24, 2.45) is 0 Å². The number of benzene rings is 1. The number of hydrogen-bond donors (Lipinski definition) is 1. The molecule has 5 nitrogen and oxygen atoms in total. The fourth-order valence-electron chi connectivity index (χ4n) is 2.52. The van der Waals surface area contributed by atoms with E-state index in [2.05, 4.69) is 26.8 Å². The Kier molecular flexibility index (Phi) is 4.82. The molecule has 1 aromatic carbocycles. The molecule has 2 N–H and O–H groups in total. The molecule has 0 saturated carbocycles. The smallest absolute Gasteiger partial charge is 0.152 e. The van der Waals surface area contributed by atoms with Gasteiger partial charge in [-0.25, -0.2) is 9.97 Å². The quantitative estimate of drug-likeness (QED) is 0.818. The first-order valence-corrected chi connectivity index (χ1v) is 8.30. The van der Waals surface area contributed by atoms with E-state index in [1.807, 2.05) is 0 Å². The molecule has 1 aromatic heterocycles. The van der Waals surface area contributed by atoms with Gasteiger partial charge in [-0.3, -0.25) is 0 Å². The first-order chi connectivity index (χ1) is 11.0. The number of rotatable bonds is 2. The molecule has 8 heteroatoms. The molecule has 0 radical (unpaired) electrons. The summed E-state index contributed by atoms with van der Waals surface area (Å²) in [6, 6.07) is 3.27. The van der Waals surface area contributed by atoms with Crippen LogP contribution in [0.1, 0.15) is 0 Å². The van der Waals surface area contributed by atoms with Crippen LogP contribution >= 0.6 is 34.8 Å². The molecule has 0 bridgehead atoms. The monoisotopic (exact) mass is 371 g/mol. The molecule has 23 heavy (non-hydrogen) atoms. The van der Waals surface area contributed by atoms with Gasteiger partial charge in [-0.15, -0.1) is 0 Å². The zero-order valence-electron chi connectivity index (χ0n) is 12.6. The Morgan fingerprint density at radius 1 is 1.09 bits per heavy atom. The van der Waals surface area contributed by atoms with Crippen LogP contribution < -0.4 is 10.6 Å². The fraction of sp³-hybridized carbons (Fsp3) is 0.333. The Hall–Kier alpha value is -1.27. The summed E-state index contributed by atoms with van der Waals surface area (Å²) in [6.07, 6.45) is 1.71. The van der Waals surface area contributed by atoms with E-state index in [9.17, 15) is 0 Å². The van der Waals surface area contributed by atoms with E-state index < -0.39 is 0 Å². The number of hydrogen-bond acceptors (Lipinski definition) is 5. The highest BCUT2D eigenvalue weighted by Gasteiger charge is 2.19. The van der Waals surface area contributed by atoms with Gasteiger partial charge in [0.1, 0.15) is 11.5 Å². The van der Waals surface area contributed by atoms with Crippen molar-refractivity contribution in [3.05, 3.63) is 33.4 Å². The lowest BCUT2D eigenvalue weighted by molar-refractivity contribution is 0.312. The largest absolute Gasteiger partial charge is 0.382 e. The maximum absolute atomic E-state index is 6.25. The Balaban J connectivity index is 1.94. The highest BCUT2D eigenvalue weighted by molar-refractivity contribution is 6.45. The van der Waals surface area contributed by atoms with E-state index in [-0.39, 0.29) is 0 Å². The van der Waals surface area contributed by atoms with E-state index >= 15 is 0 Å². The summed E-state index contributed by atoms with van der Waals surface area (Å²) in [5.41, 5.74) is 7.17. The van der Waals surface area contributed by atoms with Gasteiger partial charge in [0.05, 0.1) is 16.2 Å². The number of likely N-dealkylation sites (N-methyl/N-ethyl adjacent to an activating group) is 1. The summed E-state index contributed by atoms with van der Waals surface area (Å²) in [4.78, 5) is 13.4. The lowest BCUT2D eigenvalue weighted by atomic mass is 10.1. The second-order valence-corrected chi connectivity index (χ2v) is 6.72. The molecule has 1 aliphatic heterocycles. The molecular formula is C15H16Cl3N5. The van der Waals surface area contributed by atoms with Crippen molar-refractivity contribution in [2.75, 3.05) is 43.9 Å². The third-order valence-electron chi connectivity index (χ3n) is 3.86. The van der Waals surface area contributed by atoms with Gasteiger partial charge >= 0.3 is 0 Å². The van der Waals surface area contributed by atoms with E-state index in [1.165, 1.54) is 0 Å². The fourth-order valence-corrected chi connectivity index (χ4v) is 3.21. The molecule has 1 aliphatic rings. The second kappa shape index (κ2) is 6.69. The van der Waals surface area contributed by atoms with Crippen LogP contribution in [0.5, 0.6) is 0 Å². The Bertz CT molecular complexity index is 729. The van der Waals surface area contributed by atoms with Crippen LogP contribution in [0.3, 0.4) is 0 Å². The summed E-state index contributed by atoms with van der Waals surface area (Å²) in [7, 11) is 2.10. The first kappa shape index (κ1) is 16.6. The van der Waals surface area contributed by atoms with Crippen molar-refractivity contribution in [1.29, 1.82) is 0 Å². The predicted molar refractivity (Wildman–Crippen MR) is 96.6 cm³/mol. The van der Waals surface area contributed by atoms with Gasteiger partial charge in [-0.05, 0) is 19.2 Å². The first-order valence-electron chi connectivity index (χ1n) is 7.16. The van der Waals surface area contributed by atoms with E-state index in [1.54, 1.807) is 18.3 Å². The van der Waals surface area contributed by atoms with Crippen LogP contribution in [0.4, 0.5) is 11.6 Å². The normalized spacial score (nSPS) is 15.9. The van der Waals surface area contributed by atoms with Gasteiger partial charge in [0.15, 0.2) is 5.82 Å². The van der Waals surface area contributed by atoms with Crippen LogP contribution in [0.25, 0.3) is 11.3 Å². The molecule has 2 aromatic rings. The lowest BCUT2D eigenvalue weighted by Crippen LogP contribution is -2.44. The summed E-state index contributed by atoms with van der Waals surface area (Å²) >= 11 is 18.4. The highest BCUT2D eigenvalue weighted by atomic mass is 35.5. The summed E-state index contributed by atoms with van der Waals surface area (Å²) < 4.78 is 0. The SMILES string of the molecule is CN1CCN(c2cnc(-c3cc(Cl)cc(Cl)c3Cl)c(N)n2)CC1. The summed E-state index contributed by atoms with van der Waals surface area (Å²) in [5, 5.41) is 1.20. The van der Waals surface area contributed by atoms with Gasteiger partial charge in [0.25, 0.3) is 0 Å². The molecule has 3 rings (SSSR count). The van der Waals surface area contributed by atoms with Gasteiger partial charge in [0.2, 0.25) is 0 Å². The maximum Gasteiger partial charge on any atom is 0.152 e. The van der Waals surface area contributed by atoms with Crippen molar-refractivity contribution in [2.45, 2.75) is 0 Å². The number of nitrogen functional groups attached to an aromatic ring is 1. The van der Waals surface area contributed by atoms with Crippen LogP contribution in [-0.4, -0.2) is 48.1 Å². The Morgan fingerprint density at radius 3 is 2.43 bits per heavy atom. The number of nitrogens with zero attached hydrogens (tertiary/aromatic N) is 4. The van der Waals surface area contributed by atoms with Crippen LogP contribution in [0.15, 0.2) is 18.3 Å². The van der Waals surface area contributed by atoms with Crippen molar-refractivity contribution in [3.8, 4) is 11.3 Å². The third-order valence-corrected chi connectivity index (χ3v) is 4.88. The zero-order chi connectivity index (χ0) is 16.6. The molecule has 0 atom stereocenters. The zero-order valence-corrected chi connectivity index (χ0v) is 14.8. The van der Waals surface area contributed by atoms with E-state index in [4.69, 9.17) is 40.5 Å².